The highest BCUT2D eigenvalue weighted by atomic mass is 32.1. The highest BCUT2D eigenvalue weighted by molar-refractivity contribution is 7.09. The summed E-state index contributed by atoms with van der Waals surface area (Å²) in [6, 6.07) is 7.79. The van der Waals surface area contributed by atoms with E-state index in [-0.39, 0.29) is 24.2 Å². The first-order valence-corrected chi connectivity index (χ1v) is 8.46. The van der Waals surface area contributed by atoms with Crippen molar-refractivity contribution in [3.63, 3.8) is 0 Å². The first-order valence-electron chi connectivity index (χ1n) is 7.58. The number of hydrogen-bond donors (Lipinski definition) is 1. The SMILES string of the molecule is Cc1ccc(N2CC(C(=O)NCc3csc(C)n3)CC2=O)cc1. The van der Waals surface area contributed by atoms with Crippen LogP contribution in [0.3, 0.4) is 0 Å². The highest BCUT2D eigenvalue weighted by Crippen LogP contribution is 2.25. The van der Waals surface area contributed by atoms with Gasteiger partial charge in [0.2, 0.25) is 11.8 Å². The number of nitrogens with one attached hydrogen (secondary N) is 1. The molecule has 0 spiro atoms. The van der Waals surface area contributed by atoms with Crippen LogP contribution in [0.15, 0.2) is 29.6 Å². The molecule has 0 bridgehead atoms. The second-order valence-electron chi connectivity index (χ2n) is 5.82. The molecular weight excluding hydrogens is 310 g/mol. The van der Waals surface area contributed by atoms with Crippen LogP contribution in [0, 0.1) is 19.8 Å². The van der Waals surface area contributed by atoms with Crippen LogP contribution in [-0.2, 0) is 16.1 Å². The molecule has 1 atom stereocenters. The number of carbonyl (C=O) groups is 2. The monoisotopic (exact) mass is 329 g/mol. The number of hydrogen-bond acceptors (Lipinski definition) is 4. The van der Waals surface area contributed by atoms with E-state index in [4.69, 9.17) is 0 Å². The lowest BCUT2D eigenvalue weighted by Gasteiger charge is -2.16. The largest absolute Gasteiger partial charge is 0.350 e. The van der Waals surface area contributed by atoms with Crippen LogP contribution in [-0.4, -0.2) is 23.3 Å². The number of rotatable bonds is 4. The Hall–Kier alpha value is -2.21. The Bertz CT molecular complexity index is 724. The van der Waals surface area contributed by atoms with E-state index in [0.717, 1.165) is 22.0 Å². The van der Waals surface area contributed by atoms with Gasteiger partial charge in [-0.1, -0.05) is 17.7 Å². The third-order valence-electron chi connectivity index (χ3n) is 3.95. The van der Waals surface area contributed by atoms with Gasteiger partial charge < -0.3 is 10.2 Å². The predicted molar refractivity (Wildman–Crippen MR) is 90.3 cm³/mol. The highest BCUT2D eigenvalue weighted by Gasteiger charge is 2.34. The number of nitrogens with zero attached hydrogens (tertiary/aromatic N) is 2. The quantitative estimate of drug-likeness (QED) is 0.937. The molecular formula is C17H19N3O2S. The number of amides is 2. The average molecular weight is 329 g/mol. The van der Waals surface area contributed by atoms with E-state index in [9.17, 15) is 9.59 Å². The van der Waals surface area contributed by atoms with Gasteiger partial charge in [0.05, 0.1) is 23.2 Å². The Labute approximate surface area is 139 Å². The Balaban J connectivity index is 1.60. The zero-order chi connectivity index (χ0) is 16.4. The maximum atomic E-state index is 12.3. The summed E-state index contributed by atoms with van der Waals surface area (Å²) < 4.78 is 0. The Morgan fingerprint density at radius 3 is 2.74 bits per heavy atom. The molecule has 2 aromatic rings. The van der Waals surface area contributed by atoms with E-state index in [1.54, 1.807) is 16.2 Å². The van der Waals surface area contributed by atoms with Crippen LogP contribution in [0.25, 0.3) is 0 Å². The van der Waals surface area contributed by atoms with Gasteiger partial charge in [0.1, 0.15) is 0 Å². The number of aryl methyl sites for hydroxylation is 2. The zero-order valence-corrected chi connectivity index (χ0v) is 14.0. The fourth-order valence-electron chi connectivity index (χ4n) is 2.67. The topological polar surface area (TPSA) is 62.3 Å². The first kappa shape index (κ1) is 15.7. The number of benzene rings is 1. The molecule has 1 fully saturated rings. The lowest BCUT2D eigenvalue weighted by Crippen LogP contribution is -2.32. The molecule has 5 nitrogen and oxygen atoms in total. The van der Waals surface area contributed by atoms with Gasteiger partial charge in [-0.25, -0.2) is 4.98 Å². The molecule has 1 unspecified atom stereocenters. The van der Waals surface area contributed by atoms with Gasteiger partial charge in [0.15, 0.2) is 0 Å². The maximum absolute atomic E-state index is 12.3. The van der Waals surface area contributed by atoms with E-state index in [2.05, 4.69) is 10.3 Å². The van der Waals surface area contributed by atoms with E-state index >= 15 is 0 Å². The van der Waals surface area contributed by atoms with Crippen molar-refractivity contribution >= 4 is 28.8 Å². The van der Waals surface area contributed by atoms with Gasteiger partial charge in [-0.3, -0.25) is 9.59 Å². The summed E-state index contributed by atoms with van der Waals surface area (Å²) in [6.45, 7) is 4.79. The molecule has 1 aromatic heterocycles. The first-order chi connectivity index (χ1) is 11.0. The summed E-state index contributed by atoms with van der Waals surface area (Å²) in [6.07, 6.45) is 0.260. The molecule has 1 saturated heterocycles. The summed E-state index contributed by atoms with van der Waals surface area (Å²) >= 11 is 1.56. The fourth-order valence-corrected chi connectivity index (χ4v) is 3.28. The lowest BCUT2D eigenvalue weighted by molar-refractivity contribution is -0.126. The van der Waals surface area contributed by atoms with Crippen molar-refractivity contribution in [2.24, 2.45) is 5.92 Å². The minimum Gasteiger partial charge on any atom is -0.350 e. The normalized spacial score (nSPS) is 17.6. The predicted octanol–water partition coefficient (Wildman–Crippen LogP) is 2.43. The molecule has 2 amide bonds. The van der Waals surface area contributed by atoms with Gasteiger partial charge in [-0.15, -0.1) is 11.3 Å². The minimum atomic E-state index is -0.302. The Morgan fingerprint density at radius 1 is 1.35 bits per heavy atom. The third-order valence-corrected chi connectivity index (χ3v) is 4.77. The molecule has 120 valence electrons. The maximum Gasteiger partial charge on any atom is 0.227 e. The Kier molecular flexibility index (Phi) is 4.43. The van der Waals surface area contributed by atoms with Crippen LogP contribution in [0.4, 0.5) is 5.69 Å². The second kappa shape index (κ2) is 6.50. The van der Waals surface area contributed by atoms with E-state index in [0.29, 0.717) is 13.1 Å². The molecule has 2 heterocycles. The summed E-state index contributed by atoms with van der Waals surface area (Å²) in [7, 11) is 0. The van der Waals surface area contributed by atoms with Gasteiger partial charge in [-0.2, -0.15) is 0 Å². The summed E-state index contributed by atoms with van der Waals surface area (Å²) in [4.78, 5) is 30.5. The fraction of sp³-hybridized carbons (Fsp3) is 0.353. The van der Waals surface area contributed by atoms with Crippen LogP contribution < -0.4 is 10.2 Å². The van der Waals surface area contributed by atoms with E-state index in [1.165, 1.54) is 0 Å². The number of aromatic nitrogens is 1. The minimum absolute atomic E-state index is 0.00138. The van der Waals surface area contributed by atoms with Crippen molar-refractivity contribution in [1.29, 1.82) is 0 Å². The number of carbonyl (C=O) groups excluding carboxylic acids is 2. The van der Waals surface area contributed by atoms with E-state index in [1.807, 2.05) is 43.5 Å². The molecule has 1 aliphatic heterocycles. The molecule has 1 N–H and O–H groups in total. The van der Waals surface area contributed by atoms with Crippen molar-refractivity contribution < 1.29 is 9.59 Å². The zero-order valence-electron chi connectivity index (χ0n) is 13.2. The van der Waals surface area contributed by atoms with Crippen LogP contribution in [0.5, 0.6) is 0 Å². The van der Waals surface area contributed by atoms with Gasteiger partial charge in [0.25, 0.3) is 0 Å². The smallest absolute Gasteiger partial charge is 0.227 e. The molecule has 1 aromatic carbocycles. The summed E-state index contributed by atoms with van der Waals surface area (Å²) in [5.74, 6) is -0.388. The number of thiazole rings is 1. The Morgan fingerprint density at radius 2 is 2.09 bits per heavy atom. The van der Waals surface area contributed by atoms with Crippen molar-refractivity contribution in [2.45, 2.75) is 26.8 Å². The van der Waals surface area contributed by atoms with Crippen molar-refractivity contribution in [2.75, 3.05) is 11.4 Å². The number of anilines is 1. The van der Waals surface area contributed by atoms with Gasteiger partial charge >= 0.3 is 0 Å². The van der Waals surface area contributed by atoms with Crippen LogP contribution in [0.2, 0.25) is 0 Å². The van der Waals surface area contributed by atoms with Crippen molar-refractivity contribution in [1.82, 2.24) is 10.3 Å². The van der Waals surface area contributed by atoms with Crippen molar-refractivity contribution in [3.8, 4) is 0 Å². The standard InChI is InChI=1S/C17H19N3O2S/c1-11-3-5-15(6-4-11)20-9-13(7-16(20)21)17(22)18-8-14-10-23-12(2)19-14/h3-6,10,13H,7-9H2,1-2H3,(H,18,22). The van der Waals surface area contributed by atoms with Crippen LogP contribution in [0.1, 0.15) is 22.7 Å². The average Bonchev–Trinajstić information content (AvgIpc) is 3.12. The van der Waals surface area contributed by atoms with Crippen LogP contribution >= 0.6 is 11.3 Å². The molecule has 0 radical (unpaired) electrons. The van der Waals surface area contributed by atoms with E-state index < -0.39 is 0 Å². The lowest BCUT2D eigenvalue weighted by atomic mass is 10.1. The van der Waals surface area contributed by atoms with Gasteiger partial charge in [0, 0.05) is 24.0 Å². The molecule has 0 aliphatic carbocycles. The van der Waals surface area contributed by atoms with Gasteiger partial charge in [-0.05, 0) is 26.0 Å². The molecule has 3 rings (SSSR count). The molecule has 6 heteroatoms. The summed E-state index contributed by atoms with van der Waals surface area (Å²) in [5.41, 5.74) is 2.86. The van der Waals surface area contributed by atoms with Crippen molar-refractivity contribution in [3.05, 3.63) is 45.9 Å². The molecule has 0 saturated carbocycles. The second-order valence-corrected chi connectivity index (χ2v) is 6.88. The third kappa shape index (κ3) is 3.59. The molecule has 1 aliphatic rings. The summed E-state index contributed by atoms with van der Waals surface area (Å²) in [5, 5.41) is 5.80. The molecule has 23 heavy (non-hydrogen) atoms.